The van der Waals surface area contributed by atoms with Gasteiger partial charge in [-0.2, -0.15) is 0 Å². The fraction of sp³-hybridized carbons (Fsp3) is 0.667. The molecule has 1 N–H and O–H groups in total. The van der Waals surface area contributed by atoms with Crippen LogP contribution in [0.1, 0.15) is 63.5 Å². The first-order chi connectivity index (χ1) is 9.74. The van der Waals surface area contributed by atoms with Crippen LogP contribution < -0.4 is 5.32 Å². The van der Waals surface area contributed by atoms with Gasteiger partial charge in [0, 0.05) is 6.04 Å². The van der Waals surface area contributed by atoms with Crippen LogP contribution in [-0.2, 0) is 0 Å². The van der Waals surface area contributed by atoms with E-state index in [0.29, 0.717) is 12.0 Å². The zero-order valence-corrected chi connectivity index (χ0v) is 12.9. The Bertz CT molecular complexity index is 396. The van der Waals surface area contributed by atoms with Crippen molar-refractivity contribution < 1.29 is 4.39 Å². The summed E-state index contributed by atoms with van der Waals surface area (Å²) in [6.07, 6.45) is 9.31. The summed E-state index contributed by atoms with van der Waals surface area (Å²) in [6, 6.07) is 7.38. The zero-order valence-electron chi connectivity index (χ0n) is 12.9. The Morgan fingerprint density at radius 1 is 1.25 bits per heavy atom. The summed E-state index contributed by atoms with van der Waals surface area (Å²) in [6.45, 7) is 2.27. The highest BCUT2D eigenvalue weighted by Gasteiger charge is 2.27. The Hall–Kier alpha value is -0.890. The van der Waals surface area contributed by atoms with Gasteiger partial charge < -0.3 is 5.32 Å². The molecule has 2 heteroatoms. The van der Waals surface area contributed by atoms with Crippen molar-refractivity contribution in [1.82, 2.24) is 5.32 Å². The van der Waals surface area contributed by atoms with Crippen LogP contribution in [0.25, 0.3) is 0 Å². The van der Waals surface area contributed by atoms with Crippen molar-refractivity contribution >= 4 is 0 Å². The average molecular weight is 277 g/mol. The van der Waals surface area contributed by atoms with Crippen molar-refractivity contribution in [2.75, 3.05) is 7.05 Å². The summed E-state index contributed by atoms with van der Waals surface area (Å²) in [5.41, 5.74) is 1.10. The standard InChI is InChI=1S/C18H28FN/c1-3-4-6-14-9-11-15(12-10-14)18(20-2)16-7-5-8-17(19)13-16/h5,7-8,13-15,18,20H,3-4,6,9-12H2,1-2H3. The lowest BCUT2D eigenvalue weighted by molar-refractivity contribution is 0.218. The van der Waals surface area contributed by atoms with E-state index in [-0.39, 0.29) is 5.82 Å². The number of rotatable bonds is 6. The van der Waals surface area contributed by atoms with E-state index in [1.54, 1.807) is 6.07 Å². The lowest BCUT2D eigenvalue weighted by atomic mass is 9.75. The average Bonchev–Trinajstić information content (AvgIpc) is 2.47. The largest absolute Gasteiger partial charge is 0.313 e. The minimum Gasteiger partial charge on any atom is -0.313 e. The molecular formula is C18H28FN. The maximum Gasteiger partial charge on any atom is 0.123 e. The Kier molecular flexibility index (Phi) is 6.03. The van der Waals surface area contributed by atoms with Gasteiger partial charge in [-0.3, -0.25) is 0 Å². The van der Waals surface area contributed by atoms with Gasteiger partial charge in [-0.15, -0.1) is 0 Å². The number of benzene rings is 1. The smallest absolute Gasteiger partial charge is 0.123 e. The van der Waals surface area contributed by atoms with Crippen LogP contribution in [0.5, 0.6) is 0 Å². The van der Waals surface area contributed by atoms with Gasteiger partial charge in [-0.05, 0) is 49.4 Å². The second-order valence-corrected chi connectivity index (χ2v) is 6.24. The van der Waals surface area contributed by atoms with E-state index < -0.39 is 0 Å². The molecule has 0 radical (unpaired) electrons. The molecule has 1 saturated carbocycles. The summed E-state index contributed by atoms with van der Waals surface area (Å²) in [5, 5.41) is 3.41. The molecule has 1 aliphatic rings. The number of hydrogen-bond donors (Lipinski definition) is 1. The first-order valence-corrected chi connectivity index (χ1v) is 8.17. The van der Waals surface area contributed by atoms with E-state index in [1.807, 2.05) is 19.2 Å². The lowest BCUT2D eigenvalue weighted by Crippen LogP contribution is -2.28. The van der Waals surface area contributed by atoms with E-state index in [2.05, 4.69) is 12.2 Å². The van der Waals surface area contributed by atoms with Gasteiger partial charge in [0.25, 0.3) is 0 Å². The second kappa shape index (κ2) is 7.78. The van der Waals surface area contributed by atoms with Crippen molar-refractivity contribution in [2.45, 2.75) is 57.9 Å². The summed E-state index contributed by atoms with van der Waals surface area (Å²) < 4.78 is 13.4. The molecule has 1 atom stereocenters. The van der Waals surface area contributed by atoms with Gasteiger partial charge in [0.2, 0.25) is 0 Å². The van der Waals surface area contributed by atoms with Gasteiger partial charge >= 0.3 is 0 Å². The van der Waals surface area contributed by atoms with Crippen LogP contribution in [0.4, 0.5) is 4.39 Å². The van der Waals surface area contributed by atoms with Crippen molar-refractivity contribution in [3.05, 3.63) is 35.6 Å². The minimum atomic E-state index is -0.126. The van der Waals surface area contributed by atoms with Crippen LogP contribution >= 0.6 is 0 Å². The van der Waals surface area contributed by atoms with Gasteiger partial charge in [-0.25, -0.2) is 4.39 Å². The molecule has 20 heavy (non-hydrogen) atoms. The molecule has 0 heterocycles. The Balaban J connectivity index is 1.93. The van der Waals surface area contributed by atoms with E-state index in [0.717, 1.165) is 11.5 Å². The molecule has 0 amide bonds. The summed E-state index contributed by atoms with van der Waals surface area (Å²) in [5.74, 6) is 1.45. The van der Waals surface area contributed by atoms with E-state index in [4.69, 9.17) is 0 Å². The van der Waals surface area contributed by atoms with Gasteiger partial charge in [-0.1, -0.05) is 51.2 Å². The molecule has 1 unspecified atom stereocenters. The zero-order chi connectivity index (χ0) is 14.4. The number of nitrogens with one attached hydrogen (secondary N) is 1. The van der Waals surface area contributed by atoms with Crippen LogP contribution in [0.15, 0.2) is 24.3 Å². The molecule has 0 aliphatic heterocycles. The van der Waals surface area contributed by atoms with E-state index >= 15 is 0 Å². The third kappa shape index (κ3) is 4.05. The third-order valence-electron chi connectivity index (χ3n) is 4.85. The molecule has 112 valence electrons. The fourth-order valence-electron chi connectivity index (χ4n) is 3.68. The molecule has 1 aliphatic carbocycles. The van der Waals surface area contributed by atoms with Gasteiger partial charge in [0.05, 0.1) is 0 Å². The quantitative estimate of drug-likeness (QED) is 0.764. The van der Waals surface area contributed by atoms with Crippen LogP contribution in [0.2, 0.25) is 0 Å². The van der Waals surface area contributed by atoms with E-state index in [9.17, 15) is 4.39 Å². The van der Waals surface area contributed by atoms with Crippen molar-refractivity contribution in [3.63, 3.8) is 0 Å². The Labute approximate surface area is 123 Å². The summed E-state index contributed by atoms with van der Waals surface area (Å²) in [4.78, 5) is 0. The predicted octanol–water partition coefficient (Wildman–Crippen LogP) is 5.08. The number of unbranched alkanes of at least 4 members (excludes halogenated alkanes) is 1. The summed E-state index contributed by atoms with van der Waals surface area (Å²) >= 11 is 0. The van der Waals surface area contributed by atoms with Gasteiger partial charge in [0.15, 0.2) is 0 Å². The van der Waals surface area contributed by atoms with Crippen molar-refractivity contribution in [3.8, 4) is 0 Å². The van der Waals surface area contributed by atoms with Crippen molar-refractivity contribution in [1.29, 1.82) is 0 Å². The Morgan fingerprint density at radius 3 is 2.60 bits per heavy atom. The van der Waals surface area contributed by atoms with Crippen LogP contribution in [0.3, 0.4) is 0 Å². The molecular weight excluding hydrogens is 249 g/mol. The molecule has 0 saturated heterocycles. The molecule has 1 nitrogen and oxygen atoms in total. The molecule has 1 fully saturated rings. The number of halogens is 1. The fourth-order valence-corrected chi connectivity index (χ4v) is 3.68. The topological polar surface area (TPSA) is 12.0 Å². The second-order valence-electron chi connectivity index (χ2n) is 6.24. The normalized spacial score (nSPS) is 24.6. The van der Waals surface area contributed by atoms with Crippen LogP contribution in [-0.4, -0.2) is 7.05 Å². The highest BCUT2D eigenvalue weighted by atomic mass is 19.1. The van der Waals surface area contributed by atoms with E-state index in [1.165, 1.54) is 51.0 Å². The van der Waals surface area contributed by atoms with Crippen LogP contribution in [0, 0.1) is 17.7 Å². The highest BCUT2D eigenvalue weighted by Crippen LogP contribution is 2.38. The lowest BCUT2D eigenvalue weighted by Gasteiger charge is -2.34. The molecule has 2 rings (SSSR count). The molecule has 0 aromatic heterocycles. The molecule has 0 bridgehead atoms. The highest BCUT2D eigenvalue weighted by molar-refractivity contribution is 5.21. The molecule has 1 aromatic carbocycles. The first kappa shape index (κ1) is 15.5. The Morgan fingerprint density at radius 2 is 2.00 bits per heavy atom. The molecule has 1 aromatic rings. The maximum absolute atomic E-state index is 13.4. The monoisotopic (exact) mass is 277 g/mol. The number of hydrogen-bond acceptors (Lipinski definition) is 1. The summed E-state index contributed by atoms with van der Waals surface area (Å²) in [7, 11) is 2.00. The van der Waals surface area contributed by atoms with Crippen molar-refractivity contribution in [2.24, 2.45) is 11.8 Å². The maximum atomic E-state index is 13.4. The third-order valence-corrected chi connectivity index (χ3v) is 4.85. The molecule has 0 spiro atoms. The van der Waals surface area contributed by atoms with Gasteiger partial charge in [0.1, 0.15) is 5.82 Å². The SMILES string of the molecule is CCCCC1CCC(C(NC)c2cccc(F)c2)CC1. The minimum absolute atomic E-state index is 0.126. The predicted molar refractivity (Wildman–Crippen MR) is 83.2 cm³/mol. The first-order valence-electron chi connectivity index (χ1n) is 8.17.